The molecule has 4 aromatic rings. The summed E-state index contributed by atoms with van der Waals surface area (Å²) in [6.45, 7) is 3.44. The highest BCUT2D eigenvalue weighted by atomic mass is 79.9. The van der Waals surface area contributed by atoms with Crippen LogP contribution in [0.2, 0.25) is 0 Å². The van der Waals surface area contributed by atoms with E-state index in [1.54, 1.807) is 0 Å². The van der Waals surface area contributed by atoms with Crippen molar-refractivity contribution in [2.24, 2.45) is 0 Å². The second kappa shape index (κ2) is 10.9. The summed E-state index contributed by atoms with van der Waals surface area (Å²) in [4.78, 5) is 36.3. The molecule has 2 aliphatic heterocycles. The van der Waals surface area contributed by atoms with Crippen LogP contribution >= 0.6 is 28.3 Å². The summed E-state index contributed by atoms with van der Waals surface area (Å²) in [5, 5.41) is 2.29. The molecule has 1 fully saturated rings. The molecule has 37 heavy (non-hydrogen) atoms. The largest absolute Gasteiger partial charge is 0.361 e. The Bertz CT molecular complexity index is 1490. The smallest absolute Gasteiger partial charge is 0.237 e. The average Bonchev–Trinajstić information content (AvgIpc) is 3.58. The van der Waals surface area contributed by atoms with E-state index in [0.717, 1.165) is 65.4 Å². The van der Waals surface area contributed by atoms with Gasteiger partial charge in [0.25, 0.3) is 0 Å². The molecule has 2 amide bonds. The number of fused-ring (bicyclic) bond motifs is 2. The van der Waals surface area contributed by atoms with Gasteiger partial charge in [0.15, 0.2) is 0 Å². The lowest BCUT2D eigenvalue weighted by atomic mass is 9.97. The van der Waals surface area contributed by atoms with Crippen LogP contribution in [-0.2, 0) is 9.59 Å². The third-order valence-electron chi connectivity index (χ3n) is 7.63. The van der Waals surface area contributed by atoms with E-state index in [2.05, 4.69) is 61.3 Å². The number of unbranched alkanes of at least 4 members (excludes halogenated alkanes) is 1. The van der Waals surface area contributed by atoms with Crippen LogP contribution in [0.3, 0.4) is 0 Å². The first kappa shape index (κ1) is 25.8. The van der Waals surface area contributed by atoms with Crippen LogP contribution in [0.5, 0.6) is 0 Å². The van der Waals surface area contributed by atoms with Crippen molar-refractivity contribution in [3.8, 4) is 0 Å². The third kappa shape index (κ3) is 5.00. The molecule has 1 atom stereocenters. The number of carbonyl (C=O) groups excluding carboxylic acids is 2. The Hall–Kier alpha value is -2.87. The van der Waals surface area contributed by atoms with Gasteiger partial charge in [0, 0.05) is 70.3 Å². The molecule has 6 nitrogen and oxygen atoms in total. The zero-order chi connectivity index (χ0) is 24.6. The summed E-state index contributed by atoms with van der Waals surface area (Å²) in [7, 11) is 0. The van der Waals surface area contributed by atoms with E-state index in [1.807, 2.05) is 30.5 Å². The van der Waals surface area contributed by atoms with Crippen molar-refractivity contribution in [3.05, 3.63) is 76.5 Å². The predicted molar refractivity (Wildman–Crippen MR) is 154 cm³/mol. The number of rotatable bonds is 7. The normalized spacial score (nSPS) is 18.6. The van der Waals surface area contributed by atoms with Crippen molar-refractivity contribution in [1.82, 2.24) is 19.8 Å². The van der Waals surface area contributed by atoms with Gasteiger partial charge in [0.05, 0.1) is 5.92 Å². The molecule has 192 valence electrons. The minimum absolute atomic E-state index is 0. The van der Waals surface area contributed by atoms with E-state index in [-0.39, 0.29) is 36.6 Å². The number of halogens is 2. The Kier molecular flexibility index (Phi) is 7.56. The molecule has 6 rings (SSSR count). The summed E-state index contributed by atoms with van der Waals surface area (Å²) in [6, 6.07) is 14.3. The monoisotopic (exact) mass is 580 g/mol. The highest BCUT2D eigenvalue weighted by Gasteiger charge is 2.40. The molecule has 4 heterocycles. The van der Waals surface area contributed by atoms with Gasteiger partial charge in [-0.1, -0.05) is 40.2 Å². The minimum atomic E-state index is -0.371. The van der Waals surface area contributed by atoms with Gasteiger partial charge >= 0.3 is 0 Å². The van der Waals surface area contributed by atoms with Crippen LogP contribution in [-0.4, -0.2) is 57.8 Å². The molecule has 8 heteroatoms. The van der Waals surface area contributed by atoms with E-state index in [1.165, 1.54) is 21.4 Å². The molecule has 0 spiro atoms. The second-order valence-corrected chi connectivity index (χ2v) is 10.7. The Labute approximate surface area is 230 Å². The first-order chi connectivity index (χ1) is 17.6. The molecule has 0 saturated carbocycles. The fourth-order valence-electron chi connectivity index (χ4n) is 5.67. The van der Waals surface area contributed by atoms with Crippen molar-refractivity contribution in [1.29, 1.82) is 0 Å². The van der Waals surface area contributed by atoms with Crippen LogP contribution in [0.1, 0.15) is 42.7 Å². The van der Waals surface area contributed by atoms with Crippen LogP contribution in [0.15, 0.2) is 65.4 Å². The van der Waals surface area contributed by atoms with Gasteiger partial charge in [-0.25, -0.2) is 0 Å². The van der Waals surface area contributed by atoms with Crippen LogP contribution in [0, 0.1) is 0 Å². The lowest BCUT2D eigenvalue weighted by Gasteiger charge is -2.26. The second-order valence-electron chi connectivity index (χ2n) is 9.81. The molecule has 2 aromatic carbocycles. The number of aromatic nitrogens is 2. The quantitative estimate of drug-likeness (QED) is 0.200. The molecular formula is C29H30BrClN4O2. The number of imide groups is 1. The number of nitrogens with one attached hydrogen (secondary N) is 2. The number of aromatic amines is 2. The maximum Gasteiger partial charge on any atom is 0.237 e. The van der Waals surface area contributed by atoms with Gasteiger partial charge in [-0.15, -0.1) is 12.4 Å². The van der Waals surface area contributed by atoms with Gasteiger partial charge in [0.2, 0.25) is 11.8 Å². The SMILES string of the molecule is Cl.O=C1CC(c2c[nH]c3ccccc23)C(=O)N1CCCCN1CC=C(c2c[nH]c3ccc(Br)cc23)CC1. The topological polar surface area (TPSA) is 72.2 Å². The zero-order valence-corrected chi connectivity index (χ0v) is 22.9. The number of H-pyrrole nitrogens is 2. The molecule has 2 N–H and O–H groups in total. The Morgan fingerprint density at radius 1 is 0.946 bits per heavy atom. The van der Waals surface area contributed by atoms with E-state index in [9.17, 15) is 9.59 Å². The number of nitrogens with zero attached hydrogens (tertiary/aromatic N) is 2. The molecule has 2 aromatic heterocycles. The summed E-state index contributed by atoms with van der Waals surface area (Å²) in [6.07, 6.45) is 9.44. The number of amides is 2. The molecule has 1 saturated heterocycles. The maximum absolute atomic E-state index is 13.1. The van der Waals surface area contributed by atoms with E-state index in [4.69, 9.17) is 0 Å². The van der Waals surface area contributed by atoms with Gasteiger partial charge in [-0.2, -0.15) is 0 Å². The fourth-order valence-corrected chi connectivity index (χ4v) is 6.03. The van der Waals surface area contributed by atoms with Gasteiger partial charge < -0.3 is 9.97 Å². The minimum Gasteiger partial charge on any atom is -0.361 e. The maximum atomic E-state index is 13.1. The predicted octanol–water partition coefficient (Wildman–Crippen LogP) is 6.25. The highest BCUT2D eigenvalue weighted by molar-refractivity contribution is 9.10. The number of hydrogen-bond acceptors (Lipinski definition) is 3. The summed E-state index contributed by atoms with van der Waals surface area (Å²) in [5.41, 5.74) is 5.79. The van der Waals surface area contributed by atoms with E-state index >= 15 is 0 Å². The van der Waals surface area contributed by atoms with Gasteiger partial charge in [0.1, 0.15) is 0 Å². The number of benzene rings is 2. The van der Waals surface area contributed by atoms with Gasteiger partial charge in [-0.05, 0) is 61.2 Å². The molecule has 2 aliphatic rings. The summed E-state index contributed by atoms with van der Waals surface area (Å²) < 4.78 is 1.09. The lowest BCUT2D eigenvalue weighted by Crippen LogP contribution is -2.33. The Morgan fingerprint density at radius 3 is 2.57 bits per heavy atom. The van der Waals surface area contributed by atoms with Crippen LogP contribution < -0.4 is 0 Å². The first-order valence-electron chi connectivity index (χ1n) is 12.7. The average molecular weight is 582 g/mol. The van der Waals surface area contributed by atoms with Crippen LogP contribution in [0.25, 0.3) is 27.4 Å². The first-order valence-corrected chi connectivity index (χ1v) is 13.5. The van der Waals surface area contributed by atoms with Crippen molar-refractivity contribution in [3.63, 3.8) is 0 Å². The number of para-hydroxylation sites is 1. The summed E-state index contributed by atoms with van der Waals surface area (Å²) in [5.74, 6) is -0.476. The highest BCUT2D eigenvalue weighted by Crippen LogP contribution is 2.34. The molecule has 0 bridgehead atoms. The standard InChI is InChI=1S/C29H29BrN4O2.ClH/c30-20-7-8-27-22(15-20)24(17-31-27)19-9-13-33(14-10-19)11-3-4-12-34-28(35)16-23(29(34)36)25-18-32-26-6-2-1-5-21(25)26;/h1-2,5-9,15,17-18,23,31-32H,3-4,10-14,16H2;1H. The number of hydrogen-bond donors (Lipinski definition) is 2. The third-order valence-corrected chi connectivity index (χ3v) is 8.12. The summed E-state index contributed by atoms with van der Waals surface area (Å²) >= 11 is 3.59. The lowest BCUT2D eigenvalue weighted by molar-refractivity contribution is -0.138. The van der Waals surface area contributed by atoms with Crippen molar-refractivity contribution in [2.75, 3.05) is 26.2 Å². The zero-order valence-electron chi connectivity index (χ0n) is 20.5. The van der Waals surface area contributed by atoms with E-state index in [0.29, 0.717) is 6.54 Å². The molecular weight excluding hydrogens is 552 g/mol. The number of likely N-dealkylation sites (tertiary alicyclic amines) is 1. The Morgan fingerprint density at radius 2 is 1.73 bits per heavy atom. The Balaban J connectivity index is 0.00000280. The van der Waals surface area contributed by atoms with Crippen molar-refractivity contribution in [2.45, 2.75) is 31.6 Å². The van der Waals surface area contributed by atoms with Gasteiger partial charge in [-0.3, -0.25) is 19.4 Å². The van der Waals surface area contributed by atoms with Crippen molar-refractivity contribution >= 4 is 67.5 Å². The van der Waals surface area contributed by atoms with E-state index < -0.39 is 0 Å². The molecule has 0 radical (unpaired) electrons. The molecule has 1 unspecified atom stereocenters. The van der Waals surface area contributed by atoms with Crippen molar-refractivity contribution < 1.29 is 9.59 Å². The fraction of sp³-hybridized carbons (Fsp3) is 0.310. The van der Waals surface area contributed by atoms with Crippen LogP contribution in [0.4, 0.5) is 0 Å². The molecule has 0 aliphatic carbocycles. The number of carbonyl (C=O) groups is 2.